The summed E-state index contributed by atoms with van der Waals surface area (Å²) in [6, 6.07) is 5.66. The number of hydrogen-bond acceptors (Lipinski definition) is 2. The molecule has 0 saturated carbocycles. The van der Waals surface area contributed by atoms with E-state index in [1.54, 1.807) is 4.90 Å². The molecule has 0 aromatic heterocycles. The summed E-state index contributed by atoms with van der Waals surface area (Å²) in [4.78, 5) is 13.8. The van der Waals surface area contributed by atoms with E-state index in [1.165, 1.54) is 0 Å². The zero-order valence-corrected chi connectivity index (χ0v) is 11.6. The molecule has 92 valence electrons. The molecule has 1 heterocycles. The number of aryl methyl sites for hydroxylation is 1. The van der Waals surface area contributed by atoms with E-state index in [4.69, 9.17) is 0 Å². The number of likely N-dealkylation sites (tertiary alicyclic amines) is 1. The zero-order valence-electron chi connectivity index (χ0n) is 10.0. The molecule has 1 aromatic carbocycles. The summed E-state index contributed by atoms with van der Waals surface area (Å²) in [5.41, 5.74) is 1.06. The van der Waals surface area contributed by atoms with Gasteiger partial charge in [0.15, 0.2) is 0 Å². The summed E-state index contributed by atoms with van der Waals surface area (Å²) in [6.07, 6.45) is 0.689. The minimum atomic E-state index is -0.670. The third-order valence-electron chi connectivity index (χ3n) is 3.20. The lowest BCUT2D eigenvalue weighted by molar-refractivity contribution is -0.0826. The Hall–Kier alpha value is -0.870. The first kappa shape index (κ1) is 12.6. The average Bonchev–Trinajstić information content (AvgIpc) is 2.22. The lowest BCUT2D eigenvalue weighted by Crippen LogP contribution is -2.63. The lowest BCUT2D eigenvalue weighted by Gasteiger charge is -2.46. The van der Waals surface area contributed by atoms with E-state index in [0.717, 1.165) is 10.0 Å². The van der Waals surface area contributed by atoms with Crippen molar-refractivity contribution in [2.75, 3.05) is 13.1 Å². The van der Waals surface area contributed by atoms with E-state index in [2.05, 4.69) is 15.9 Å². The molecule has 0 radical (unpaired) electrons. The largest absolute Gasteiger partial charge is 0.386 e. The van der Waals surface area contributed by atoms with Gasteiger partial charge >= 0.3 is 0 Å². The van der Waals surface area contributed by atoms with Gasteiger partial charge in [-0.2, -0.15) is 0 Å². The Morgan fingerprint density at radius 3 is 2.65 bits per heavy atom. The predicted octanol–water partition coefficient (Wildman–Crippen LogP) is 2.35. The second-order valence-electron chi connectivity index (χ2n) is 4.76. The van der Waals surface area contributed by atoms with Crippen LogP contribution in [0.4, 0.5) is 0 Å². The molecule has 3 nitrogen and oxygen atoms in total. The van der Waals surface area contributed by atoms with Gasteiger partial charge in [0.05, 0.1) is 18.7 Å². The maximum Gasteiger partial charge on any atom is 0.254 e. The van der Waals surface area contributed by atoms with Crippen molar-refractivity contribution in [3.63, 3.8) is 0 Å². The van der Waals surface area contributed by atoms with Crippen molar-refractivity contribution in [2.24, 2.45) is 0 Å². The van der Waals surface area contributed by atoms with Crippen molar-refractivity contribution in [3.05, 3.63) is 33.8 Å². The Balaban J connectivity index is 2.11. The highest BCUT2D eigenvalue weighted by atomic mass is 79.9. The monoisotopic (exact) mass is 297 g/mol. The van der Waals surface area contributed by atoms with Gasteiger partial charge < -0.3 is 10.0 Å². The van der Waals surface area contributed by atoms with Crippen LogP contribution in [0.1, 0.15) is 29.3 Å². The number of carbonyl (C=O) groups excluding carboxylic acids is 1. The topological polar surface area (TPSA) is 40.5 Å². The standard InChI is InChI=1S/C13H16BrNO2/c1-3-13(17)7-15(8-13)12(16)10-4-9(2)5-11(14)6-10/h4-6,17H,3,7-8H2,1-2H3. The van der Waals surface area contributed by atoms with Crippen molar-refractivity contribution in [3.8, 4) is 0 Å². The van der Waals surface area contributed by atoms with E-state index >= 15 is 0 Å². The Bertz CT molecular complexity index is 432. The number of carbonyl (C=O) groups is 1. The molecule has 4 heteroatoms. The SMILES string of the molecule is CCC1(O)CN(C(=O)c2cc(C)cc(Br)c2)C1. The highest BCUT2D eigenvalue weighted by Gasteiger charge is 2.42. The molecule has 17 heavy (non-hydrogen) atoms. The Morgan fingerprint density at radius 2 is 2.12 bits per heavy atom. The highest BCUT2D eigenvalue weighted by Crippen LogP contribution is 2.26. The summed E-state index contributed by atoms with van der Waals surface area (Å²) >= 11 is 3.39. The fraction of sp³-hybridized carbons (Fsp3) is 0.462. The second-order valence-corrected chi connectivity index (χ2v) is 5.67. The summed E-state index contributed by atoms with van der Waals surface area (Å²) < 4.78 is 0.909. The fourth-order valence-corrected chi connectivity index (χ4v) is 2.68. The predicted molar refractivity (Wildman–Crippen MR) is 70.0 cm³/mol. The first-order valence-corrected chi connectivity index (χ1v) is 6.52. The Kier molecular flexibility index (Phi) is 3.27. The first-order valence-electron chi connectivity index (χ1n) is 5.72. The van der Waals surface area contributed by atoms with Crippen LogP contribution in [0, 0.1) is 6.92 Å². The van der Waals surface area contributed by atoms with E-state index in [1.807, 2.05) is 32.0 Å². The molecule has 1 aliphatic rings. The van der Waals surface area contributed by atoms with Crippen LogP contribution in [0.2, 0.25) is 0 Å². The molecule has 1 N–H and O–H groups in total. The quantitative estimate of drug-likeness (QED) is 0.910. The van der Waals surface area contributed by atoms with Gasteiger partial charge in [0.2, 0.25) is 0 Å². The van der Waals surface area contributed by atoms with Gasteiger partial charge in [-0.1, -0.05) is 22.9 Å². The third-order valence-corrected chi connectivity index (χ3v) is 3.66. The number of hydrogen-bond donors (Lipinski definition) is 1. The molecule has 0 spiro atoms. The maximum absolute atomic E-state index is 12.1. The van der Waals surface area contributed by atoms with Crippen molar-refractivity contribution in [1.82, 2.24) is 4.90 Å². The maximum atomic E-state index is 12.1. The zero-order chi connectivity index (χ0) is 12.6. The summed E-state index contributed by atoms with van der Waals surface area (Å²) in [5.74, 6) is -0.00692. The van der Waals surface area contributed by atoms with Gasteiger partial charge in [0, 0.05) is 10.0 Å². The second kappa shape index (κ2) is 4.42. The number of benzene rings is 1. The van der Waals surface area contributed by atoms with Crippen LogP contribution >= 0.6 is 15.9 Å². The minimum absolute atomic E-state index is 0.00692. The van der Waals surface area contributed by atoms with Gasteiger partial charge in [0.1, 0.15) is 0 Å². The summed E-state index contributed by atoms with van der Waals surface area (Å²) in [6.45, 7) is 4.77. The minimum Gasteiger partial charge on any atom is -0.386 e. The van der Waals surface area contributed by atoms with Gasteiger partial charge in [-0.15, -0.1) is 0 Å². The molecule has 0 unspecified atom stereocenters. The molecular weight excluding hydrogens is 282 g/mol. The van der Waals surface area contributed by atoms with Crippen molar-refractivity contribution < 1.29 is 9.90 Å². The molecule has 0 aliphatic carbocycles. The number of β-amino-alcohol motifs (C(OH)–C–C–N with tert-alkyl or cyclic N) is 1. The fourth-order valence-electron chi connectivity index (χ4n) is 2.07. The molecule has 2 rings (SSSR count). The Morgan fingerprint density at radius 1 is 1.47 bits per heavy atom. The smallest absolute Gasteiger partial charge is 0.254 e. The summed E-state index contributed by atoms with van der Waals surface area (Å²) in [7, 11) is 0. The molecular formula is C13H16BrNO2. The van der Waals surface area contributed by atoms with E-state index in [0.29, 0.717) is 25.1 Å². The van der Waals surface area contributed by atoms with Crippen LogP contribution in [-0.2, 0) is 0 Å². The normalized spacial score (nSPS) is 17.8. The summed E-state index contributed by atoms with van der Waals surface area (Å²) in [5, 5.41) is 9.89. The van der Waals surface area contributed by atoms with Crippen molar-refractivity contribution in [2.45, 2.75) is 25.9 Å². The number of halogens is 1. The van der Waals surface area contributed by atoms with Crippen molar-refractivity contribution >= 4 is 21.8 Å². The van der Waals surface area contributed by atoms with Gasteiger partial charge in [-0.05, 0) is 37.1 Å². The number of nitrogens with zero attached hydrogens (tertiary/aromatic N) is 1. The third kappa shape index (κ3) is 2.53. The lowest BCUT2D eigenvalue weighted by atomic mass is 9.90. The van der Waals surface area contributed by atoms with Crippen molar-refractivity contribution in [1.29, 1.82) is 0 Å². The highest BCUT2D eigenvalue weighted by molar-refractivity contribution is 9.10. The van der Waals surface area contributed by atoms with E-state index in [-0.39, 0.29) is 5.91 Å². The number of aliphatic hydroxyl groups is 1. The van der Waals surface area contributed by atoms with Gasteiger partial charge in [-0.3, -0.25) is 4.79 Å². The van der Waals surface area contributed by atoms with E-state index in [9.17, 15) is 9.90 Å². The first-order chi connectivity index (χ1) is 7.93. The number of amides is 1. The van der Waals surface area contributed by atoms with Gasteiger partial charge in [-0.25, -0.2) is 0 Å². The molecule has 0 atom stereocenters. The molecule has 1 saturated heterocycles. The van der Waals surface area contributed by atoms with Crippen LogP contribution < -0.4 is 0 Å². The van der Waals surface area contributed by atoms with Crippen LogP contribution in [0.15, 0.2) is 22.7 Å². The van der Waals surface area contributed by atoms with Gasteiger partial charge in [0.25, 0.3) is 5.91 Å². The average molecular weight is 298 g/mol. The molecule has 1 aromatic rings. The van der Waals surface area contributed by atoms with E-state index < -0.39 is 5.60 Å². The van der Waals surface area contributed by atoms with Crippen LogP contribution in [-0.4, -0.2) is 34.6 Å². The Labute approximate surface area is 110 Å². The molecule has 0 bridgehead atoms. The van der Waals surface area contributed by atoms with Crippen LogP contribution in [0.25, 0.3) is 0 Å². The van der Waals surface area contributed by atoms with Crippen LogP contribution in [0.3, 0.4) is 0 Å². The number of rotatable bonds is 2. The molecule has 1 fully saturated rings. The van der Waals surface area contributed by atoms with Crippen LogP contribution in [0.5, 0.6) is 0 Å². The molecule has 1 amide bonds. The molecule has 1 aliphatic heterocycles.